The fourth-order valence-corrected chi connectivity index (χ4v) is 5.17. The maximum Gasteiger partial charge on any atom is 0.129 e. The molecule has 128 valence electrons. The average molecular weight is 367 g/mol. The number of aromatic nitrogens is 1. The van der Waals surface area contributed by atoms with Gasteiger partial charge in [-0.15, -0.1) is 0 Å². The molecule has 0 aliphatic carbocycles. The van der Waals surface area contributed by atoms with Gasteiger partial charge in [-0.1, -0.05) is 66.6 Å². The van der Waals surface area contributed by atoms with Crippen LogP contribution >= 0.6 is 23.8 Å². The minimum atomic E-state index is -0.137. The molecule has 1 N–H and O–H groups in total. The van der Waals surface area contributed by atoms with Crippen molar-refractivity contribution < 1.29 is 0 Å². The Morgan fingerprint density at radius 3 is 2.52 bits per heavy atom. The number of anilines is 1. The minimum Gasteiger partial charge on any atom is -0.374 e. The Morgan fingerprint density at radius 1 is 1.12 bits per heavy atom. The van der Waals surface area contributed by atoms with Gasteiger partial charge < -0.3 is 5.32 Å². The second-order valence-corrected chi connectivity index (χ2v) is 8.52. The lowest BCUT2D eigenvalue weighted by atomic mass is 9.88. The van der Waals surface area contributed by atoms with Crippen LogP contribution in [-0.2, 0) is 12.0 Å². The first kappa shape index (κ1) is 16.6. The van der Waals surface area contributed by atoms with E-state index in [2.05, 4.69) is 79.4 Å². The van der Waals surface area contributed by atoms with Crippen molar-refractivity contribution >= 4 is 29.4 Å². The molecule has 0 atom stereocenters. The molecular formula is C21H22N2S2. The molecule has 3 aromatic rings. The van der Waals surface area contributed by atoms with Crippen molar-refractivity contribution in [1.82, 2.24) is 3.96 Å². The van der Waals surface area contributed by atoms with Crippen molar-refractivity contribution in [2.75, 3.05) is 5.32 Å². The third kappa shape index (κ3) is 2.55. The molecule has 2 heterocycles. The molecule has 1 aliphatic heterocycles. The van der Waals surface area contributed by atoms with Crippen LogP contribution < -0.4 is 5.32 Å². The average Bonchev–Trinajstić information content (AvgIpc) is 2.94. The van der Waals surface area contributed by atoms with E-state index in [4.69, 9.17) is 12.2 Å². The summed E-state index contributed by atoms with van der Waals surface area (Å²) in [5.74, 6) is 0. The van der Waals surface area contributed by atoms with E-state index >= 15 is 0 Å². The van der Waals surface area contributed by atoms with E-state index in [1.54, 1.807) is 11.5 Å². The van der Waals surface area contributed by atoms with Crippen molar-refractivity contribution in [3.63, 3.8) is 0 Å². The highest BCUT2D eigenvalue weighted by molar-refractivity contribution is 7.71. The molecule has 1 aliphatic rings. The fourth-order valence-electron chi connectivity index (χ4n) is 3.51. The molecule has 4 rings (SSSR count). The summed E-state index contributed by atoms with van der Waals surface area (Å²) in [4.78, 5) is 1.30. The number of nitrogens with zero attached hydrogens (tertiary/aromatic N) is 1. The molecule has 0 amide bonds. The summed E-state index contributed by atoms with van der Waals surface area (Å²) < 4.78 is 3.10. The van der Waals surface area contributed by atoms with Gasteiger partial charge in [0.2, 0.25) is 0 Å². The van der Waals surface area contributed by atoms with Crippen LogP contribution in [-0.4, -0.2) is 3.96 Å². The fraction of sp³-hybridized carbons (Fsp3) is 0.286. The number of fused-ring (bicyclic) bond motifs is 3. The standard InChI is InChI=1S/C21H22N2S2/c1-5-14-7-6-8-16-17-19(21(3,4)22-18(14)16)25-23(20(17)24)15-11-9-13(2)10-12-15/h6-12,22H,5H2,1-4H3. The van der Waals surface area contributed by atoms with Gasteiger partial charge in [0.1, 0.15) is 4.64 Å². The van der Waals surface area contributed by atoms with Gasteiger partial charge in [0.25, 0.3) is 0 Å². The van der Waals surface area contributed by atoms with Crippen molar-refractivity contribution in [1.29, 1.82) is 0 Å². The van der Waals surface area contributed by atoms with E-state index in [1.807, 2.05) is 0 Å². The molecule has 0 unspecified atom stereocenters. The van der Waals surface area contributed by atoms with E-state index < -0.39 is 0 Å². The molecule has 0 bridgehead atoms. The highest BCUT2D eigenvalue weighted by Crippen LogP contribution is 2.48. The van der Waals surface area contributed by atoms with Crippen LogP contribution in [0.3, 0.4) is 0 Å². The molecule has 2 aromatic carbocycles. The van der Waals surface area contributed by atoms with E-state index in [0.717, 1.165) is 16.7 Å². The number of hydrogen-bond acceptors (Lipinski definition) is 3. The highest BCUT2D eigenvalue weighted by Gasteiger charge is 2.35. The van der Waals surface area contributed by atoms with Gasteiger partial charge in [0.15, 0.2) is 0 Å². The van der Waals surface area contributed by atoms with Gasteiger partial charge in [0.05, 0.1) is 16.1 Å². The number of benzene rings is 2. The Morgan fingerprint density at radius 2 is 1.84 bits per heavy atom. The topological polar surface area (TPSA) is 17.0 Å². The number of para-hydroxylation sites is 1. The monoisotopic (exact) mass is 366 g/mol. The largest absolute Gasteiger partial charge is 0.374 e. The number of aryl methyl sites for hydroxylation is 2. The molecule has 25 heavy (non-hydrogen) atoms. The summed E-state index contributed by atoms with van der Waals surface area (Å²) in [6.07, 6.45) is 1.01. The first-order valence-corrected chi connectivity index (χ1v) is 9.85. The Bertz CT molecular complexity index is 1010. The zero-order valence-electron chi connectivity index (χ0n) is 15.0. The molecule has 0 saturated heterocycles. The first-order chi connectivity index (χ1) is 11.9. The number of nitrogens with one attached hydrogen (secondary N) is 1. The summed E-state index contributed by atoms with van der Waals surface area (Å²) in [7, 11) is 0. The molecular weight excluding hydrogens is 344 g/mol. The smallest absolute Gasteiger partial charge is 0.129 e. The zero-order chi connectivity index (χ0) is 17.8. The lowest BCUT2D eigenvalue weighted by Crippen LogP contribution is -2.31. The van der Waals surface area contributed by atoms with Crippen LogP contribution in [0.1, 0.15) is 36.8 Å². The Hall–Kier alpha value is -1.91. The quantitative estimate of drug-likeness (QED) is 0.524. The molecule has 0 fully saturated rings. The summed E-state index contributed by atoms with van der Waals surface area (Å²) >= 11 is 7.69. The summed E-state index contributed by atoms with van der Waals surface area (Å²) in [5, 5.41) is 3.76. The normalized spacial score (nSPS) is 14.6. The second-order valence-electron chi connectivity index (χ2n) is 7.17. The van der Waals surface area contributed by atoms with Gasteiger partial charge in [0, 0.05) is 16.8 Å². The molecule has 0 spiro atoms. The predicted octanol–water partition coefficient (Wildman–Crippen LogP) is 6.47. The number of rotatable bonds is 2. The van der Waals surface area contributed by atoms with E-state index in [0.29, 0.717) is 0 Å². The minimum absolute atomic E-state index is 0.137. The maximum absolute atomic E-state index is 5.93. The van der Waals surface area contributed by atoms with Crippen LogP contribution in [0.15, 0.2) is 42.5 Å². The van der Waals surface area contributed by atoms with Gasteiger partial charge in [-0.05, 0) is 44.9 Å². The highest BCUT2D eigenvalue weighted by atomic mass is 32.1. The molecule has 4 heteroatoms. The summed E-state index contributed by atoms with van der Waals surface area (Å²) in [5.41, 5.74) is 7.30. The Labute approximate surface area is 158 Å². The van der Waals surface area contributed by atoms with Crippen molar-refractivity contribution in [3.8, 4) is 16.8 Å². The maximum atomic E-state index is 5.93. The summed E-state index contributed by atoms with van der Waals surface area (Å²) in [6.45, 7) is 8.80. The van der Waals surface area contributed by atoms with Crippen LogP contribution in [0.2, 0.25) is 0 Å². The van der Waals surface area contributed by atoms with Gasteiger partial charge >= 0.3 is 0 Å². The second kappa shape index (κ2) is 5.82. The Balaban J connectivity index is 2.01. The SMILES string of the molecule is CCc1cccc2c1NC(C)(C)c1sn(-c3ccc(C)cc3)c(=S)c1-2. The van der Waals surface area contributed by atoms with Gasteiger partial charge in [-0.3, -0.25) is 3.96 Å². The molecule has 1 aromatic heterocycles. The van der Waals surface area contributed by atoms with E-state index in [1.165, 1.54) is 32.8 Å². The van der Waals surface area contributed by atoms with E-state index in [-0.39, 0.29) is 5.54 Å². The van der Waals surface area contributed by atoms with Crippen molar-refractivity contribution in [2.24, 2.45) is 0 Å². The van der Waals surface area contributed by atoms with Crippen LogP contribution in [0.25, 0.3) is 16.8 Å². The van der Waals surface area contributed by atoms with Crippen LogP contribution in [0.4, 0.5) is 5.69 Å². The van der Waals surface area contributed by atoms with Crippen molar-refractivity contribution in [2.45, 2.75) is 39.7 Å². The third-order valence-electron chi connectivity index (χ3n) is 4.88. The van der Waals surface area contributed by atoms with Crippen molar-refractivity contribution in [3.05, 3.63) is 63.1 Å². The van der Waals surface area contributed by atoms with Gasteiger partial charge in [-0.25, -0.2) is 0 Å². The van der Waals surface area contributed by atoms with Gasteiger partial charge in [-0.2, -0.15) is 0 Å². The molecule has 2 nitrogen and oxygen atoms in total. The lowest BCUT2D eigenvalue weighted by molar-refractivity contribution is 0.618. The lowest BCUT2D eigenvalue weighted by Gasteiger charge is -2.34. The van der Waals surface area contributed by atoms with Crippen LogP contribution in [0.5, 0.6) is 0 Å². The summed E-state index contributed by atoms with van der Waals surface area (Å²) in [6, 6.07) is 15.1. The molecule has 0 radical (unpaired) electrons. The zero-order valence-corrected chi connectivity index (χ0v) is 16.6. The third-order valence-corrected chi connectivity index (χ3v) is 6.86. The van der Waals surface area contributed by atoms with E-state index in [9.17, 15) is 0 Å². The van der Waals surface area contributed by atoms with Crippen LogP contribution in [0, 0.1) is 11.6 Å². The first-order valence-electron chi connectivity index (χ1n) is 8.66. The predicted molar refractivity (Wildman–Crippen MR) is 111 cm³/mol. The number of hydrogen-bond donors (Lipinski definition) is 1. The molecule has 0 saturated carbocycles. The Kier molecular flexibility index (Phi) is 3.85.